The minimum absolute atomic E-state index is 0.383. The Kier molecular flexibility index (Phi) is 4.26. The molecule has 7 nitrogen and oxygen atoms in total. The normalized spacial score (nSPS) is 20.3. The number of aryl methyl sites for hydroxylation is 1. The molecule has 0 bridgehead atoms. The van der Waals surface area contributed by atoms with Crippen LogP contribution in [0.4, 0.5) is 0 Å². The first-order valence-corrected chi connectivity index (χ1v) is 9.89. The molecule has 0 radical (unpaired) electrons. The number of nitrogens with one attached hydrogen (secondary N) is 1. The summed E-state index contributed by atoms with van der Waals surface area (Å²) in [5.41, 5.74) is 3.55. The standard InChI is InChI=1S/C14H18N4O3S2/c1-17-10-6-3-4-8-12(10)22-14(17)16-15-13(19)11-7-5-9-18(11)23(2,20)21/h3-4,6,8,11H,5,7,9H2,1-2H3,(H,15,19)/b16-14-. The maximum absolute atomic E-state index is 12.3. The van der Waals surface area contributed by atoms with Crippen molar-refractivity contribution in [2.45, 2.75) is 18.9 Å². The molecule has 1 fully saturated rings. The average molecular weight is 354 g/mol. The number of aromatic nitrogens is 1. The molecule has 0 aliphatic carbocycles. The molecule has 23 heavy (non-hydrogen) atoms. The molecule has 1 unspecified atom stereocenters. The van der Waals surface area contributed by atoms with E-state index in [4.69, 9.17) is 0 Å². The van der Waals surface area contributed by atoms with Gasteiger partial charge in [-0.2, -0.15) is 4.31 Å². The number of carbonyl (C=O) groups is 1. The van der Waals surface area contributed by atoms with E-state index in [2.05, 4.69) is 10.5 Å². The van der Waals surface area contributed by atoms with E-state index in [0.717, 1.165) is 16.5 Å². The van der Waals surface area contributed by atoms with Gasteiger partial charge in [0, 0.05) is 13.6 Å². The molecule has 1 saturated heterocycles. The molecule has 1 aliphatic heterocycles. The van der Waals surface area contributed by atoms with Crippen LogP contribution in [0.2, 0.25) is 0 Å². The average Bonchev–Trinajstić information content (AvgIpc) is 3.10. The molecule has 9 heteroatoms. The summed E-state index contributed by atoms with van der Waals surface area (Å²) in [5.74, 6) is -0.384. The highest BCUT2D eigenvalue weighted by atomic mass is 32.2. The van der Waals surface area contributed by atoms with Crippen LogP contribution in [0.15, 0.2) is 29.4 Å². The fourth-order valence-electron chi connectivity index (χ4n) is 2.76. The number of amides is 1. The van der Waals surface area contributed by atoms with E-state index >= 15 is 0 Å². The molecule has 2 aromatic rings. The molecule has 1 amide bonds. The maximum atomic E-state index is 12.3. The van der Waals surface area contributed by atoms with Crippen molar-refractivity contribution >= 4 is 37.5 Å². The smallest absolute Gasteiger partial charge is 0.258 e. The zero-order valence-corrected chi connectivity index (χ0v) is 14.5. The summed E-state index contributed by atoms with van der Waals surface area (Å²) in [5, 5.41) is 4.16. The molecule has 1 aromatic carbocycles. The van der Waals surface area contributed by atoms with Gasteiger partial charge in [0.25, 0.3) is 5.91 Å². The number of hydrogen-bond donors (Lipinski definition) is 1. The van der Waals surface area contributed by atoms with Crippen molar-refractivity contribution < 1.29 is 13.2 Å². The van der Waals surface area contributed by atoms with Gasteiger partial charge < -0.3 is 4.57 Å². The molecule has 1 aliphatic rings. The fraction of sp³-hybridized carbons (Fsp3) is 0.429. The number of thiazole rings is 1. The molecule has 1 aromatic heterocycles. The molecule has 3 rings (SSSR count). The van der Waals surface area contributed by atoms with Crippen molar-refractivity contribution in [3.63, 3.8) is 0 Å². The van der Waals surface area contributed by atoms with Crippen LogP contribution in [-0.2, 0) is 21.9 Å². The topological polar surface area (TPSA) is 83.8 Å². The molecule has 124 valence electrons. The predicted molar refractivity (Wildman–Crippen MR) is 89.1 cm³/mol. The zero-order valence-electron chi connectivity index (χ0n) is 12.9. The Labute approximate surface area is 138 Å². The number of rotatable bonds is 3. The summed E-state index contributed by atoms with van der Waals surface area (Å²) in [4.78, 5) is 12.9. The van der Waals surface area contributed by atoms with E-state index in [1.54, 1.807) is 0 Å². The third-order valence-corrected chi connectivity index (χ3v) is 6.31. The van der Waals surface area contributed by atoms with Crippen molar-refractivity contribution in [3.8, 4) is 0 Å². The number of hydrogen-bond acceptors (Lipinski definition) is 5. The van der Waals surface area contributed by atoms with Crippen LogP contribution in [0.1, 0.15) is 12.8 Å². The van der Waals surface area contributed by atoms with Gasteiger partial charge in [-0.05, 0) is 25.0 Å². The molecule has 1 atom stereocenters. The van der Waals surface area contributed by atoms with Gasteiger partial charge in [-0.15, -0.1) is 5.10 Å². The summed E-state index contributed by atoms with van der Waals surface area (Å²) in [7, 11) is -1.50. The van der Waals surface area contributed by atoms with Crippen molar-refractivity contribution in [1.82, 2.24) is 14.3 Å². The minimum Gasteiger partial charge on any atom is -0.318 e. The summed E-state index contributed by atoms with van der Waals surface area (Å²) in [6, 6.07) is 7.19. The first kappa shape index (κ1) is 16.2. The highest BCUT2D eigenvalue weighted by Gasteiger charge is 2.36. The number of benzene rings is 1. The van der Waals surface area contributed by atoms with Gasteiger partial charge in [-0.1, -0.05) is 23.5 Å². The Morgan fingerprint density at radius 3 is 2.83 bits per heavy atom. The Bertz CT molecular complexity index is 913. The lowest BCUT2D eigenvalue weighted by molar-refractivity contribution is -0.124. The SMILES string of the molecule is Cn1/c(=N/NC(=O)C2CCCN2S(C)(=O)=O)sc2ccccc21. The van der Waals surface area contributed by atoms with Crippen LogP contribution >= 0.6 is 11.3 Å². The third kappa shape index (κ3) is 3.17. The summed E-state index contributed by atoms with van der Waals surface area (Å²) < 4.78 is 27.6. The van der Waals surface area contributed by atoms with Crippen LogP contribution in [0, 0.1) is 0 Å². The predicted octanol–water partition coefficient (Wildman–Crippen LogP) is 0.596. The second-order valence-corrected chi connectivity index (χ2v) is 8.48. The Hall–Kier alpha value is -1.71. The van der Waals surface area contributed by atoms with Gasteiger partial charge in [0.15, 0.2) is 0 Å². The van der Waals surface area contributed by atoms with Gasteiger partial charge in [0.1, 0.15) is 6.04 Å². The number of carbonyl (C=O) groups excluding carboxylic acids is 1. The lowest BCUT2D eigenvalue weighted by Crippen LogP contribution is -2.44. The van der Waals surface area contributed by atoms with Crippen LogP contribution in [-0.4, -0.2) is 42.0 Å². The molecule has 0 saturated carbocycles. The van der Waals surface area contributed by atoms with E-state index in [1.165, 1.54) is 15.6 Å². The van der Waals surface area contributed by atoms with Gasteiger partial charge in [0.05, 0.1) is 16.5 Å². The molecule has 2 heterocycles. The van der Waals surface area contributed by atoms with E-state index in [-0.39, 0.29) is 5.91 Å². The molecular weight excluding hydrogens is 336 g/mol. The maximum Gasteiger partial charge on any atom is 0.258 e. The third-order valence-electron chi connectivity index (χ3n) is 3.91. The quantitative estimate of drug-likeness (QED) is 0.819. The van der Waals surface area contributed by atoms with E-state index < -0.39 is 16.1 Å². The minimum atomic E-state index is -3.38. The first-order chi connectivity index (χ1) is 10.9. The second-order valence-electron chi connectivity index (χ2n) is 5.53. The van der Waals surface area contributed by atoms with Crippen LogP contribution in [0.5, 0.6) is 0 Å². The number of para-hydroxylation sites is 1. The van der Waals surface area contributed by atoms with Crippen molar-refractivity contribution in [2.24, 2.45) is 12.1 Å². The summed E-state index contributed by atoms with van der Waals surface area (Å²) in [6.07, 6.45) is 2.33. The number of fused-ring (bicyclic) bond motifs is 1. The highest BCUT2D eigenvalue weighted by molar-refractivity contribution is 7.88. The molecular formula is C14H18N4O3S2. The fourth-order valence-corrected chi connectivity index (χ4v) is 4.87. The van der Waals surface area contributed by atoms with Crippen molar-refractivity contribution in [2.75, 3.05) is 12.8 Å². The Morgan fingerprint density at radius 2 is 2.13 bits per heavy atom. The summed E-state index contributed by atoms with van der Waals surface area (Å²) >= 11 is 1.46. The number of sulfonamides is 1. The van der Waals surface area contributed by atoms with Crippen molar-refractivity contribution in [3.05, 3.63) is 29.1 Å². The molecule has 1 N–H and O–H groups in total. The lowest BCUT2D eigenvalue weighted by atomic mass is 10.2. The van der Waals surface area contributed by atoms with Gasteiger partial charge in [-0.25, -0.2) is 13.8 Å². The zero-order chi connectivity index (χ0) is 16.6. The molecule has 0 spiro atoms. The Morgan fingerprint density at radius 1 is 1.39 bits per heavy atom. The van der Waals surface area contributed by atoms with Gasteiger partial charge >= 0.3 is 0 Å². The van der Waals surface area contributed by atoms with Crippen molar-refractivity contribution in [1.29, 1.82) is 0 Å². The van der Waals surface area contributed by atoms with E-state index in [1.807, 2.05) is 35.9 Å². The number of nitrogens with zero attached hydrogens (tertiary/aromatic N) is 3. The van der Waals surface area contributed by atoms with Crippen LogP contribution in [0.25, 0.3) is 10.2 Å². The van der Waals surface area contributed by atoms with Crippen LogP contribution in [0.3, 0.4) is 0 Å². The van der Waals surface area contributed by atoms with E-state index in [0.29, 0.717) is 24.2 Å². The van der Waals surface area contributed by atoms with Gasteiger partial charge in [-0.3, -0.25) is 4.79 Å². The first-order valence-electron chi connectivity index (χ1n) is 7.23. The van der Waals surface area contributed by atoms with E-state index in [9.17, 15) is 13.2 Å². The second kappa shape index (κ2) is 6.06. The monoisotopic (exact) mass is 354 g/mol. The van der Waals surface area contributed by atoms with Gasteiger partial charge in [0.2, 0.25) is 14.8 Å². The lowest BCUT2D eigenvalue weighted by Gasteiger charge is -2.19. The Balaban J connectivity index is 1.84. The largest absolute Gasteiger partial charge is 0.318 e. The van der Waals surface area contributed by atoms with Crippen LogP contribution < -0.4 is 10.2 Å². The highest BCUT2D eigenvalue weighted by Crippen LogP contribution is 2.20. The summed E-state index contributed by atoms with van der Waals surface area (Å²) in [6.45, 7) is 0.383.